The van der Waals surface area contributed by atoms with E-state index in [1.165, 1.54) is 16.7 Å². The Morgan fingerprint density at radius 3 is 2.32 bits per heavy atom. The highest BCUT2D eigenvalue weighted by molar-refractivity contribution is 5.80. The van der Waals surface area contributed by atoms with E-state index in [-0.39, 0.29) is 29.0 Å². The van der Waals surface area contributed by atoms with Crippen molar-refractivity contribution in [1.82, 2.24) is 4.57 Å². The molecule has 0 saturated heterocycles. The van der Waals surface area contributed by atoms with Gasteiger partial charge in [0.25, 0.3) is 0 Å². The number of ether oxygens (including phenoxy) is 1. The third-order valence-electron chi connectivity index (χ3n) is 5.08. The molecule has 0 spiro atoms. The maximum Gasteiger partial charge on any atom is 0.420 e. The second-order valence-electron chi connectivity index (χ2n) is 8.36. The Morgan fingerprint density at radius 2 is 1.71 bits per heavy atom. The highest BCUT2D eigenvalue weighted by Gasteiger charge is 2.22. The highest BCUT2D eigenvalue weighted by Crippen LogP contribution is 2.36. The van der Waals surface area contributed by atoms with E-state index in [1.807, 2.05) is 42.5 Å². The van der Waals surface area contributed by atoms with Gasteiger partial charge < -0.3 is 9.15 Å². The molecule has 0 amide bonds. The summed E-state index contributed by atoms with van der Waals surface area (Å²) >= 11 is 0. The van der Waals surface area contributed by atoms with Gasteiger partial charge in [-0.2, -0.15) is 0 Å². The standard InChI is InChI=1S/C24H22N2O5/c1-24(2,3)17-9-11-18(12-10-17)30-22-13-19-21(14-20(22)26(28)29)31-23(27)25(19)15-16-7-5-4-6-8-16/h4-14H,15H2,1-3H3. The quantitative estimate of drug-likeness (QED) is 0.309. The number of fused-ring (bicyclic) bond motifs is 1. The average molecular weight is 418 g/mol. The number of hydrogen-bond acceptors (Lipinski definition) is 5. The number of nitro groups is 1. The van der Waals surface area contributed by atoms with Gasteiger partial charge in [0.15, 0.2) is 5.58 Å². The summed E-state index contributed by atoms with van der Waals surface area (Å²) in [7, 11) is 0. The number of aromatic nitrogens is 1. The fourth-order valence-electron chi connectivity index (χ4n) is 3.37. The fraction of sp³-hybridized carbons (Fsp3) is 0.208. The number of hydrogen-bond donors (Lipinski definition) is 0. The molecule has 1 heterocycles. The summed E-state index contributed by atoms with van der Waals surface area (Å²) in [4.78, 5) is 23.5. The third kappa shape index (κ3) is 4.21. The van der Waals surface area contributed by atoms with E-state index in [0.717, 1.165) is 11.1 Å². The van der Waals surface area contributed by atoms with Crippen molar-refractivity contribution < 1.29 is 14.1 Å². The summed E-state index contributed by atoms with van der Waals surface area (Å²) in [6, 6.07) is 19.6. The molecule has 1 aromatic heterocycles. The summed E-state index contributed by atoms with van der Waals surface area (Å²) in [5.74, 6) is -0.0700. The lowest BCUT2D eigenvalue weighted by Crippen LogP contribution is -2.14. The van der Waals surface area contributed by atoms with Crippen molar-refractivity contribution in [3.05, 3.63) is 98.5 Å². The molecule has 4 rings (SSSR count). The number of benzene rings is 3. The van der Waals surface area contributed by atoms with Crippen LogP contribution in [0.5, 0.6) is 11.5 Å². The predicted molar refractivity (Wildman–Crippen MR) is 118 cm³/mol. The van der Waals surface area contributed by atoms with Crippen LogP contribution in [0, 0.1) is 10.1 Å². The molecule has 158 valence electrons. The van der Waals surface area contributed by atoms with Crippen LogP contribution in [-0.2, 0) is 12.0 Å². The van der Waals surface area contributed by atoms with Crippen molar-refractivity contribution in [1.29, 1.82) is 0 Å². The van der Waals surface area contributed by atoms with E-state index >= 15 is 0 Å². The van der Waals surface area contributed by atoms with Gasteiger partial charge in [-0.15, -0.1) is 0 Å². The number of oxazole rings is 1. The molecule has 31 heavy (non-hydrogen) atoms. The first-order valence-electron chi connectivity index (χ1n) is 9.86. The first-order chi connectivity index (χ1) is 14.7. The van der Waals surface area contributed by atoms with Crippen LogP contribution >= 0.6 is 0 Å². The van der Waals surface area contributed by atoms with Gasteiger partial charge in [0.05, 0.1) is 23.1 Å². The molecule has 0 aliphatic carbocycles. The number of rotatable bonds is 5. The zero-order chi connectivity index (χ0) is 22.2. The average Bonchev–Trinajstić information content (AvgIpc) is 3.02. The van der Waals surface area contributed by atoms with Crippen LogP contribution < -0.4 is 10.5 Å². The van der Waals surface area contributed by atoms with E-state index in [4.69, 9.17) is 9.15 Å². The molecule has 3 aromatic carbocycles. The maximum atomic E-state index is 12.4. The summed E-state index contributed by atoms with van der Waals surface area (Å²) in [5, 5.41) is 11.6. The van der Waals surface area contributed by atoms with Crippen LogP contribution in [0.1, 0.15) is 31.9 Å². The lowest BCUT2D eigenvalue weighted by molar-refractivity contribution is -0.385. The Bertz CT molecular complexity index is 1300. The van der Waals surface area contributed by atoms with Crippen LogP contribution in [0.15, 0.2) is 75.9 Å². The fourth-order valence-corrected chi connectivity index (χ4v) is 3.37. The molecular formula is C24H22N2O5. The lowest BCUT2D eigenvalue weighted by Gasteiger charge is -2.19. The Morgan fingerprint density at radius 1 is 1.03 bits per heavy atom. The first kappa shape index (κ1) is 20.4. The van der Waals surface area contributed by atoms with Gasteiger partial charge in [0.2, 0.25) is 5.75 Å². The summed E-state index contributed by atoms with van der Waals surface area (Å²) in [5.41, 5.74) is 2.31. The summed E-state index contributed by atoms with van der Waals surface area (Å²) in [6.45, 7) is 6.59. The van der Waals surface area contributed by atoms with Crippen LogP contribution in [0.4, 0.5) is 5.69 Å². The second-order valence-corrected chi connectivity index (χ2v) is 8.36. The van der Waals surface area contributed by atoms with Gasteiger partial charge in [-0.25, -0.2) is 4.79 Å². The number of nitro benzene ring substituents is 1. The Balaban J connectivity index is 1.76. The topological polar surface area (TPSA) is 87.5 Å². The highest BCUT2D eigenvalue weighted by atomic mass is 16.6. The molecule has 0 N–H and O–H groups in total. The van der Waals surface area contributed by atoms with Crippen LogP contribution in [-0.4, -0.2) is 9.49 Å². The molecule has 0 aliphatic heterocycles. The molecular weight excluding hydrogens is 396 g/mol. The van der Waals surface area contributed by atoms with Crippen molar-refractivity contribution >= 4 is 16.8 Å². The van der Waals surface area contributed by atoms with Gasteiger partial charge in [0, 0.05) is 6.07 Å². The van der Waals surface area contributed by atoms with Gasteiger partial charge in [-0.05, 0) is 28.7 Å². The largest absolute Gasteiger partial charge is 0.450 e. The molecule has 0 radical (unpaired) electrons. The summed E-state index contributed by atoms with van der Waals surface area (Å²) < 4.78 is 12.6. The Kier molecular flexibility index (Phi) is 5.10. The molecule has 0 atom stereocenters. The molecule has 0 saturated carbocycles. The van der Waals surface area contributed by atoms with Crippen molar-refractivity contribution in [2.75, 3.05) is 0 Å². The van der Waals surface area contributed by atoms with Crippen molar-refractivity contribution in [3.8, 4) is 11.5 Å². The van der Waals surface area contributed by atoms with Crippen molar-refractivity contribution in [2.45, 2.75) is 32.7 Å². The molecule has 0 bridgehead atoms. The minimum Gasteiger partial charge on any atom is -0.450 e. The van der Waals surface area contributed by atoms with Gasteiger partial charge in [0.1, 0.15) is 5.75 Å². The van der Waals surface area contributed by atoms with E-state index in [1.54, 1.807) is 12.1 Å². The van der Waals surface area contributed by atoms with Gasteiger partial charge in [-0.3, -0.25) is 14.7 Å². The molecule has 7 heteroatoms. The normalized spacial score (nSPS) is 11.6. The maximum absolute atomic E-state index is 12.4. The molecule has 0 unspecified atom stereocenters. The molecule has 0 fully saturated rings. The third-order valence-corrected chi connectivity index (χ3v) is 5.08. The minimum atomic E-state index is -0.583. The lowest BCUT2D eigenvalue weighted by atomic mass is 9.87. The van der Waals surface area contributed by atoms with E-state index in [0.29, 0.717) is 11.3 Å². The zero-order valence-electron chi connectivity index (χ0n) is 17.5. The zero-order valence-corrected chi connectivity index (χ0v) is 17.5. The van der Waals surface area contributed by atoms with E-state index < -0.39 is 10.7 Å². The Labute approximate surface area is 178 Å². The molecule has 4 aromatic rings. The van der Waals surface area contributed by atoms with E-state index in [2.05, 4.69) is 20.8 Å². The minimum absolute atomic E-state index is 0.0201. The predicted octanol–water partition coefficient (Wildman–Crippen LogP) is 5.64. The van der Waals surface area contributed by atoms with Crippen molar-refractivity contribution in [2.24, 2.45) is 0 Å². The van der Waals surface area contributed by atoms with Crippen LogP contribution in [0.25, 0.3) is 11.1 Å². The number of nitrogens with zero attached hydrogens (tertiary/aromatic N) is 2. The monoisotopic (exact) mass is 418 g/mol. The van der Waals surface area contributed by atoms with Crippen LogP contribution in [0.2, 0.25) is 0 Å². The second kappa shape index (κ2) is 7.75. The van der Waals surface area contributed by atoms with E-state index in [9.17, 15) is 14.9 Å². The molecule has 7 nitrogen and oxygen atoms in total. The van der Waals surface area contributed by atoms with Crippen LogP contribution in [0.3, 0.4) is 0 Å². The van der Waals surface area contributed by atoms with Crippen molar-refractivity contribution in [3.63, 3.8) is 0 Å². The van der Waals surface area contributed by atoms with Gasteiger partial charge >= 0.3 is 11.4 Å². The molecule has 0 aliphatic rings. The Hall–Kier alpha value is -3.87. The van der Waals surface area contributed by atoms with Gasteiger partial charge in [-0.1, -0.05) is 63.2 Å². The first-order valence-corrected chi connectivity index (χ1v) is 9.86. The SMILES string of the molecule is CC(C)(C)c1ccc(Oc2cc3c(cc2[N+](=O)[O-])oc(=O)n3Cc2ccccc2)cc1. The summed E-state index contributed by atoms with van der Waals surface area (Å²) in [6.07, 6.45) is 0. The smallest absolute Gasteiger partial charge is 0.420 e.